The maximum absolute atomic E-state index is 12.2. The molecule has 1 atom stereocenters. The van der Waals surface area contributed by atoms with Crippen molar-refractivity contribution in [3.8, 4) is 0 Å². The highest BCUT2D eigenvalue weighted by molar-refractivity contribution is 5.92. The molecular weight excluding hydrogens is 248 g/mol. The van der Waals surface area contributed by atoms with Crippen molar-refractivity contribution in [2.75, 3.05) is 38.2 Å². The van der Waals surface area contributed by atoms with Gasteiger partial charge in [-0.2, -0.15) is 0 Å². The van der Waals surface area contributed by atoms with Gasteiger partial charge in [-0.3, -0.25) is 4.79 Å². The Morgan fingerprint density at radius 3 is 3.05 bits per heavy atom. The Kier molecular flexibility index (Phi) is 4.64. The van der Waals surface area contributed by atoms with E-state index in [-0.39, 0.29) is 18.6 Å². The minimum Gasteiger partial charge on any atom is -0.394 e. The summed E-state index contributed by atoms with van der Waals surface area (Å²) in [7, 11) is 0. The molecule has 1 amide bonds. The van der Waals surface area contributed by atoms with E-state index in [1.54, 1.807) is 17.0 Å². The first kappa shape index (κ1) is 13.7. The predicted molar refractivity (Wildman–Crippen MR) is 68.9 cm³/mol. The van der Waals surface area contributed by atoms with Crippen LogP contribution in [0.5, 0.6) is 0 Å². The van der Waals surface area contributed by atoms with E-state index in [1.165, 1.54) is 0 Å². The highest BCUT2D eigenvalue weighted by Crippen LogP contribution is 2.10. The van der Waals surface area contributed by atoms with Crippen molar-refractivity contribution < 1.29 is 14.6 Å². The summed E-state index contributed by atoms with van der Waals surface area (Å²) < 4.78 is 5.30. The molecule has 7 heteroatoms. The molecule has 2 N–H and O–H groups in total. The van der Waals surface area contributed by atoms with Gasteiger partial charge in [-0.25, -0.2) is 0 Å². The monoisotopic (exact) mass is 266 g/mol. The number of ether oxygens (including phenoxy) is 1. The van der Waals surface area contributed by atoms with Crippen LogP contribution in [0.1, 0.15) is 17.4 Å². The van der Waals surface area contributed by atoms with Crippen LogP contribution in [0.25, 0.3) is 0 Å². The van der Waals surface area contributed by atoms with Gasteiger partial charge in [-0.1, -0.05) is 0 Å². The number of morpholine rings is 1. The summed E-state index contributed by atoms with van der Waals surface area (Å²) in [5.74, 6) is 0.464. The molecule has 1 aliphatic heterocycles. The van der Waals surface area contributed by atoms with Crippen LogP contribution in [0.2, 0.25) is 0 Å². The van der Waals surface area contributed by atoms with Gasteiger partial charge in [0.25, 0.3) is 5.91 Å². The molecule has 19 heavy (non-hydrogen) atoms. The fraction of sp³-hybridized carbons (Fsp3) is 0.583. The fourth-order valence-electron chi connectivity index (χ4n) is 1.90. The summed E-state index contributed by atoms with van der Waals surface area (Å²) in [6.45, 7) is 3.94. The van der Waals surface area contributed by atoms with E-state index < -0.39 is 0 Å². The molecule has 2 heterocycles. The first-order valence-corrected chi connectivity index (χ1v) is 6.34. The van der Waals surface area contributed by atoms with E-state index in [0.717, 1.165) is 6.54 Å². The maximum Gasteiger partial charge on any atom is 0.274 e. The van der Waals surface area contributed by atoms with Crippen molar-refractivity contribution in [1.82, 2.24) is 15.1 Å². The number of nitrogens with one attached hydrogen (secondary N) is 1. The second-order valence-corrected chi connectivity index (χ2v) is 4.26. The minimum atomic E-state index is -0.313. The third-order valence-electron chi connectivity index (χ3n) is 2.87. The summed E-state index contributed by atoms with van der Waals surface area (Å²) >= 11 is 0. The Morgan fingerprint density at radius 1 is 1.58 bits per heavy atom. The lowest BCUT2D eigenvalue weighted by atomic mass is 10.2. The zero-order valence-electron chi connectivity index (χ0n) is 10.9. The first-order valence-electron chi connectivity index (χ1n) is 6.34. The van der Waals surface area contributed by atoms with E-state index in [4.69, 9.17) is 9.84 Å². The Labute approximate surface area is 111 Å². The van der Waals surface area contributed by atoms with Gasteiger partial charge in [0.1, 0.15) is 5.82 Å². The number of anilines is 1. The molecule has 1 unspecified atom stereocenters. The second kappa shape index (κ2) is 6.44. The summed E-state index contributed by atoms with van der Waals surface area (Å²) in [5.41, 5.74) is 0.306. The zero-order chi connectivity index (χ0) is 13.7. The SMILES string of the molecule is CCNc1ccc(C(=O)N2CCOC(CO)C2)nn1. The first-order chi connectivity index (χ1) is 9.24. The number of rotatable bonds is 4. The maximum atomic E-state index is 12.2. The van der Waals surface area contributed by atoms with Crippen molar-refractivity contribution in [1.29, 1.82) is 0 Å². The molecule has 0 saturated carbocycles. The van der Waals surface area contributed by atoms with Crippen LogP contribution in [0, 0.1) is 0 Å². The quantitative estimate of drug-likeness (QED) is 0.781. The van der Waals surface area contributed by atoms with Crippen molar-refractivity contribution >= 4 is 11.7 Å². The van der Waals surface area contributed by atoms with Gasteiger partial charge in [0.05, 0.1) is 19.3 Å². The fourth-order valence-corrected chi connectivity index (χ4v) is 1.90. The zero-order valence-corrected chi connectivity index (χ0v) is 10.9. The topological polar surface area (TPSA) is 87.6 Å². The summed E-state index contributed by atoms with van der Waals surface area (Å²) in [6, 6.07) is 3.38. The highest BCUT2D eigenvalue weighted by atomic mass is 16.5. The van der Waals surface area contributed by atoms with Crippen LogP contribution in [0.4, 0.5) is 5.82 Å². The van der Waals surface area contributed by atoms with Crippen molar-refractivity contribution in [2.24, 2.45) is 0 Å². The van der Waals surface area contributed by atoms with E-state index in [2.05, 4.69) is 15.5 Å². The highest BCUT2D eigenvalue weighted by Gasteiger charge is 2.25. The van der Waals surface area contributed by atoms with Crippen LogP contribution in [-0.4, -0.2) is 65.1 Å². The molecule has 2 rings (SSSR count). The van der Waals surface area contributed by atoms with Crippen LogP contribution >= 0.6 is 0 Å². The average molecular weight is 266 g/mol. The molecule has 0 spiro atoms. The van der Waals surface area contributed by atoms with Crippen LogP contribution in [0.3, 0.4) is 0 Å². The molecule has 0 radical (unpaired) electrons. The molecule has 0 aromatic carbocycles. The molecule has 104 valence electrons. The van der Waals surface area contributed by atoms with Crippen molar-refractivity contribution in [3.63, 3.8) is 0 Å². The van der Waals surface area contributed by atoms with E-state index in [9.17, 15) is 4.79 Å². The molecule has 0 aliphatic carbocycles. The predicted octanol–water partition coefficient (Wildman–Crippen LogP) is -0.258. The third-order valence-corrected chi connectivity index (χ3v) is 2.87. The number of amides is 1. The minimum absolute atomic E-state index is 0.0885. The number of carbonyl (C=O) groups is 1. The van der Waals surface area contributed by atoms with E-state index >= 15 is 0 Å². The van der Waals surface area contributed by atoms with Crippen LogP contribution in [-0.2, 0) is 4.74 Å². The molecule has 1 aliphatic rings. The van der Waals surface area contributed by atoms with Crippen LogP contribution in [0.15, 0.2) is 12.1 Å². The number of aliphatic hydroxyl groups excluding tert-OH is 1. The Morgan fingerprint density at radius 2 is 2.42 bits per heavy atom. The number of hydrogen-bond donors (Lipinski definition) is 2. The lowest BCUT2D eigenvalue weighted by Gasteiger charge is -2.31. The molecule has 1 aromatic rings. The number of aliphatic hydroxyl groups is 1. The van der Waals surface area contributed by atoms with Gasteiger partial charge < -0.3 is 20.1 Å². The summed E-state index contributed by atoms with van der Waals surface area (Å²) in [6.07, 6.45) is -0.313. The van der Waals surface area contributed by atoms with Crippen LogP contribution < -0.4 is 5.32 Å². The Bertz CT molecular complexity index is 423. The normalized spacial score (nSPS) is 19.3. The molecule has 1 saturated heterocycles. The largest absolute Gasteiger partial charge is 0.394 e. The standard InChI is InChI=1S/C12H18N4O3/c1-2-13-11-4-3-10(14-15-11)12(18)16-5-6-19-9(7-16)8-17/h3-4,9,17H,2,5-8H2,1H3,(H,13,15). The molecule has 7 nitrogen and oxygen atoms in total. The number of nitrogens with zero attached hydrogens (tertiary/aromatic N) is 3. The van der Waals surface area contributed by atoms with Crippen molar-refractivity contribution in [3.05, 3.63) is 17.8 Å². The van der Waals surface area contributed by atoms with Gasteiger partial charge in [-0.15, -0.1) is 10.2 Å². The third kappa shape index (κ3) is 3.39. The lowest BCUT2D eigenvalue weighted by Crippen LogP contribution is -2.47. The molecule has 0 bridgehead atoms. The number of carbonyl (C=O) groups excluding carboxylic acids is 1. The van der Waals surface area contributed by atoms with Gasteiger partial charge in [0.15, 0.2) is 5.69 Å². The van der Waals surface area contributed by atoms with Gasteiger partial charge in [0, 0.05) is 19.6 Å². The van der Waals surface area contributed by atoms with E-state index in [1.807, 2.05) is 6.92 Å². The second-order valence-electron chi connectivity index (χ2n) is 4.26. The number of hydrogen-bond acceptors (Lipinski definition) is 6. The van der Waals surface area contributed by atoms with E-state index in [0.29, 0.717) is 31.2 Å². The Balaban J connectivity index is 2.02. The molecular formula is C12H18N4O3. The number of aromatic nitrogens is 2. The summed E-state index contributed by atoms with van der Waals surface area (Å²) in [5, 5.41) is 19.9. The smallest absolute Gasteiger partial charge is 0.274 e. The lowest BCUT2D eigenvalue weighted by molar-refractivity contribution is -0.0448. The summed E-state index contributed by atoms with van der Waals surface area (Å²) in [4.78, 5) is 13.8. The van der Waals surface area contributed by atoms with Gasteiger partial charge in [0.2, 0.25) is 0 Å². The van der Waals surface area contributed by atoms with Gasteiger partial charge >= 0.3 is 0 Å². The average Bonchev–Trinajstić information content (AvgIpc) is 2.48. The molecule has 1 aromatic heterocycles. The van der Waals surface area contributed by atoms with Crippen molar-refractivity contribution in [2.45, 2.75) is 13.0 Å². The van der Waals surface area contributed by atoms with Gasteiger partial charge in [-0.05, 0) is 19.1 Å². The molecule has 1 fully saturated rings. The Hall–Kier alpha value is -1.73.